The van der Waals surface area contributed by atoms with E-state index in [1.54, 1.807) is 5.37 Å². The fourth-order valence-electron chi connectivity index (χ4n) is 3.48. The molecule has 146 valence electrons. The van der Waals surface area contributed by atoms with Crippen LogP contribution in [0.2, 0.25) is 5.02 Å². The summed E-state index contributed by atoms with van der Waals surface area (Å²) in [5.41, 5.74) is 4.62. The standard InChI is InChI=1S/C23H17ClO3S2/c24-18-11-9-16(10-12-18)22-20(13-28)19-3-1-2-4-21(19)27-23(22)17-7-5-15(6-8-17)14-29(25)26/h1-13,20H,14H2,(H,25,26). The van der Waals surface area contributed by atoms with Gasteiger partial charge >= 0.3 is 0 Å². The van der Waals surface area contributed by atoms with Gasteiger partial charge in [-0.2, -0.15) is 0 Å². The van der Waals surface area contributed by atoms with Crippen molar-refractivity contribution in [1.82, 2.24) is 0 Å². The highest BCUT2D eigenvalue weighted by Crippen LogP contribution is 2.46. The van der Waals surface area contributed by atoms with E-state index in [0.29, 0.717) is 10.8 Å². The topological polar surface area (TPSA) is 46.5 Å². The third-order valence-electron chi connectivity index (χ3n) is 4.82. The largest absolute Gasteiger partial charge is 0.456 e. The zero-order valence-electron chi connectivity index (χ0n) is 15.2. The van der Waals surface area contributed by atoms with Gasteiger partial charge in [0.1, 0.15) is 11.5 Å². The van der Waals surface area contributed by atoms with Crippen LogP contribution in [0.5, 0.6) is 5.75 Å². The number of thiocarbonyl (C=S) groups is 1. The molecule has 29 heavy (non-hydrogen) atoms. The minimum atomic E-state index is -1.88. The van der Waals surface area contributed by atoms with E-state index in [9.17, 15) is 4.21 Å². The molecule has 1 aliphatic heterocycles. The molecule has 0 spiro atoms. The van der Waals surface area contributed by atoms with E-state index in [1.807, 2.05) is 72.8 Å². The molecule has 0 amide bonds. The van der Waals surface area contributed by atoms with Crippen LogP contribution in [-0.4, -0.2) is 14.1 Å². The van der Waals surface area contributed by atoms with Crippen molar-refractivity contribution in [3.63, 3.8) is 0 Å². The molecule has 0 fully saturated rings. The van der Waals surface area contributed by atoms with E-state index < -0.39 is 11.1 Å². The molecule has 1 heterocycles. The van der Waals surface area contributed by atoms with E-state index in [0.717, 1.165) is 33.6 Å². The molecular formula is C23H17ClO3S2. The maximum Gasteiger partial charge on any atom is 0.157 e. The third kappa shape index (κ3) is 4.19. The van der Waals surface area contributed by atoms with Crippen molar-refractivity contribution in [1.29, 1.82) is 0 Å². The molecule has 1 aliphatic rings. The van der Waals surface area contributed by atoms with E-state index >= 15 is 0 Å². The highest BCUT2D eigenvalue weighted by molar-refractivity contribution is 7.79. The van der Waals surface area contributed by atoms with Crippen LogP contribution in [0.3, 0.4) is 0 Å². The van der Waals surface area contributed by atoms with Crippen molar-refractivity contribution in [2.24, 2.45) is 0 Å². The summed E-state index contributed by atoms with van der Waals surface area (Å²) in [5.74, 6) is 1.46. The Morgan fingerprint density at radius 2 is 1.66 bits per heavy atom. The van der Waals surface area contributed by atoms with Gasteiger partial charge in [-0.1, -0.05) is 78.4 Å². The van der Waals surface area contributed by atoms with Gasteiger partial charge in [-0.3, -0.25) is 0 Å². The van der Waals surface area contributed by atoms with Crippen molar-refractivity contribution >= 4 is 51.6 Å². The van der Waals surface area contributed by atoms with Gasteiger partial charge in [-0.15, -0.1) is 0 Å². The molecule has 6 heteroatoms. The summed E-state index contributed by atoms with van der Waals surface area (Å²) in [4.78, 5) is 0. The molecule has 4 rings (SSSR count). The van der Waals surface area contributed by atoms with E-state index in [1.165, 1.54) is 0 Å². The van der Waals surface area contributed by atoms with Gasteiger partial charge in [-0.05, 0) is 34.7 Å². The fraction of sp³-hybridized carbons (Fsp3) is 0.0870. The van der Waals surface area contributed by atoms with Crippen molar-refractivity contribution in [2.75, 3.05) is 0 Å². The van der Waals surface area contributed by atoms with Gasteiger partial charge in [0.15, 0.2) is 11.1 Å². The van der Waals surface area contributed by atoms with Crippen molar-refractivity contribution < 1.29 is 13.5 Å². The SMILES string of the molecule is O=S(O)Cc1ccc(C2=C(c3ccc(Cl)cc3)C(C=S)c3ccccc3O2)cc1. The van der Waals surface area contributed by atoms with Crippen LogP contribution >= 0.6 is 23.8 Å². The lowest BCUT2D eigenvalue weighted by Crippen LogP contribution is -2.15. The minimum Gasteiger partial charge on any atom is -0.456 e. The Kier molecular flexibility index (Phi) is 5.92. The molecular weight excluding hydrogens is 424 g/mol. The Hall–Kier alpha value is -2.31. The molecule has 0 aliphatic carbocycles. The minimum absolute atomic E-state index is 0.0929. The van der Waals surface area contributed by atoms with Crippen molar-refractivity contribution in [2.45, 2.75) is 11.7 Å². The van der Waals surface area contributed by atoms with Gasteiger partial charge < -0.3 is 9.29 Å². The Bertz CT molecular complexity index is 1110. The Morgan fingerprint density at radius 3 is 2.31 bits per heavy atom. The lowest BCUT2D eigenvalue weighted by atomic mass is 9.83. The van der Waals surface area contributed by atoms with Gasteiger partial charge in [0.2, 0.25) is 0 Å². The van der Waals surface area contributed by atoms with Crippen molar-refractivity contribution in [3.05, 3.63) is 100 Å². The fourth-order valence-corrected chi connectivity index (χ4v) is 4.37. The number of hydrogen-bond donors (Lipinski definition) is 1. The first-order valence-electron chi connectivity index (χ1n) is 8.96. The Balaban J connectivity index is 1.88. The predicted molar refractivity (Wildman–Crippen MR) is 123 cm³/mol. The Labute approximate surface area is 182 Å². The molecule has 2 unspecified atom stereocenters. The maximum atomic E-state index is 11.1. The molecule has 0 saturated heterocycles. The summed E-state index contributed by atoms with van der Waals surface area (Å²) in [7, 11) is 0. The molecule has 1 N–H and O–H groups in total. The molecule has 0 bridgehead atoms. The van der Waals surface area contributed by atoms with E-state index in [-0.39, 0.29) is 11.7 Å². The number of ether oxygens (including phenoxy) is 1. The van der Waals surface area contributed by atoms with Crippen LogP contribution in [-0.2, 0) is 16.8 Å². The highest BCUT2D eigenvalue weighted by atomic mass is 35.5. The molecule has 3 nitrogen and oxygen atoms in total. The number of hydrogen-bond acceptors (Lipinski definition) is 3. The van der Waals surface area contributed by atoms with Crippen LogP contribution in [0.1, 0.15) is 28.2 Å². The zero-order valence-corrected chi connectivity index (χ0v) is 17.6. The number of benzene rings is 3. The first-order chi connectivity index (χ1) is 14.1. The monoisotopic (exact) mass is 440 g/mol. The number of halogens is 1. The van der Waals surface area contributed by atoms with Gasteiger partial charge in [-0.25, -0.2) is 4.21 Å². The van der Waals surface area contributed by atoms with E-state index in [4.69, 9.17) is 33.1 Å². The number of allylic oxidation sites excluding steroid dienone is 1. The summed E-state index contributed by atoms with van der Waals surface area (Å²) in [6.07, 6.45) is 0. The van der Waals surface area contributed by atoms with Crippen molar-refractivity contribution in [3.8, 4) is 5.75 Å². The third-order valence-corrected chi connectivity index (χ3v) is 5.92. The molecule has 2 atom stereocenters. The number of fused-ring (bicyclic) bond motifs is 1. The quantitative estimate of drug-likeness (QED) is 0.384. The zero-order chi connectivity index (χ0) is 20.4. The van der Waals surface area contributed by atoms with Gasteiger partial charge in [0.05, 0.1) is 5.75 Å². The van der Waals surface area contributed by atoms with Crippen LogP contribution in [0, 0.1) is 0 Å². The first-order valence-corrected chi connectivity index (χ1v) is 11.1. The van der Waals surface area contributed by atoms with Gasteiger partial charge in [0.25, 0.3) is 0 Å². The molecule has 3 aromatic carbocycles. The summed E-state index contributed by atoms with van der Waals surface area (Å²) in [6, 6.07) is 23.0. The average Bonchev–Trinajstić information content (AvgIpc) is 2.73. The van der Waals surface area contributed by atoms with Crippen LogP contribution in [0.25, 0.3) is 11.3 Å². The number of rotatable bonds is 5. The summed E-state index contributed by atoms with van der Waals surface area (Å²) in [5, 5.41) is 2.42. The van der Waals surface area contributed by atoms with Crippen LogP contribution < -0.4 is 4.74 Å². The molecule has 3 aromatic rings. The average molecular weight is 441 g/mol. The second-order valence-electron chi connectivity index (χ2n) is 6.67. The predicted octanol–water partition coefficient (Wildman–Crippen LogP) is 6.11. The summed E-state index contributed by atoms with van der Waals surface area (Å²) < 4.78 is 26.6. The lowest BCUT2D eigenvalue weighted by molar-refractivity contribution is 0.500. The van der Waals surface area contributed by atoms with Crippen LogP contribution in [0.4, 0.5) is 0 Å². The van der Waals surface area contributed by atoms with Crippen LogP contribution in [0.15, 0.2) is 72.8 Å². The first kappa shape index (κ1) is 20.0. The summed E-state index contributed by atoms with van der Waals surface area (Å²) >= 11 is 9.63. The molecule has 0 radical (unpaired) electrons. The second kappa shape index (κ2) is 8.59. The maximum absolute atomic E-state index is 11.1. The molecule has 0 aromatic heterocycles. The normalized spacial score (nSPS) is 16.7. The smallest absolute Gasteiger partial charge is 0.157 e. The lowest BCUT2D eigenvalue weighted by Gasteiger charge is -2.29. The Morgan fingerprint density at radius 1 is 1.00 bits per heavy atom. The van der Waals surface area contributed by atoms with E-state index in [2.05, 4.69) is 0 Å². The van der Waals surface area contributed by atoms with Gasteiger partial charge in [0, 0.05) is 27.6 Å². The summed E-state index contributed by atoms with van der Waals surface area (Å²) in [6.45, 7) is 0. The number of para-hydroxylation sites is 1. The molecule has 0 saturated carbocycles. The second-order valence-corrected chi connectivity index (χ2v) is 8.31. The highest BCUT2D eigenvalue weighted by Gasteiger charge is 2.30.